The monoisotopic (exact) mass is 292 g/mol. The highest BCUT2D eigenvalue weighted by molar-refractivity contribution is 7.98. The largest absolute Gasteiger partial charge is 0.294 e. The van der Waals surface area contributed by atoms with E-state index in [1.54, 1.807) is 11.8 Å². The first kappa shape index (κ1) is 17.3. The summed E-state index contributed by atoms with van der Waals surface area (Å²) in [6, 6.07) is 7.95. The van der Waals surface area contributed by atoms with Crippen LogP contribution in [0.2, 0.25) is 0 Å². The first-order valence-electron chi connectivity index (χ1n) is 7.95. The number of carbonyl (C=O) groups excluding carboxylic acids is 1. The first-order chi connectivity index (χ1) is 9.79. The van der Waals surface area contributed by atoms with Gasteiger partial charge in [-0.15, -0.1) is 11.8 Å². The Morgan fingerprint density at radius 3 is 2.20 bits per heavy atom. The Balaban J connectivity index is 2.17. The van der Waals surface area contributed by atoms with E-state index in [1.807, 2.05) is 30.5 Å². The molecule has 0 aromatic heterocycles. The molecular formula is C18H28OS. The van der Waals surface area contributed by atoms with Crippen LogP contribution in [0.1, 0.15) is 75.1 Å². The Bertz CT molecular complexity index is 387. The fourth-order valence-corrected chi connectivity index (χ4v) is 3.05. The van der Waals surface area contributed by atoms with Crippen LogP contribution >= 0.6 is 11.8 Å². The van der Waals surface area contributed by atoms with Gasteiger partial charge in [-0.1, -0.05) is 70.1 Å². The lowest BCUT2D eigenvalue weighted by Crippen LogP contribution is -2.00. The highest BCUT2D eigenvalue weighted by atomic mass is 32.2. The van der Waals surface area contributed by atoms with Crippen LogP contribution in [-0.4, -0.2) is 12.0 Å². The van der Waals surface area contributed by atoms with Gasteiger partial charge < -0.3 is 0 Å². The van der Waals surface area contributed by atoms with E-state index in [9.17, 15) is 4.79 Å². The molecule has 1 nitrogen and oxygen atoms in total. The summed E-state index contributed by atoms with van der Waals surface area (Å²) >= 11 is 1.66. The van der Waals surface area contributed by atoms with Crippen molar-refractivity contribution in [2.24, 2.45) is 0 Å². The van der Waals surface area contributed by atoms with E-state index in [1.165, 1.54) is 44.9 Å². The van der Waals surface area contributed by atoms with Crippen molar-refractivity contribution in [1.82, 2.24) is 0 Å². The molecule has 0 spiro atoms. The van der Waals surface area contributed by atoms with Gasteiger partial charge in [0.1, 0.15) is 0 Å². The van der Waals surface area contributed by atoms with Crippen LogP contribution in [0, 0.1) is 0 Å². The minimum atomic E-state index is 0.306. The number of carbonyl (C=O) groups is 1. The third-order valence-electron chi connectivity index (χ3n) is 3.66. The molecular weight excluding hydrogens is 264 g/mol. The zero-order valence-electron chi connectivity index (χ0n) is 13.0. The molecule has 0 unspecified atom stereocenters. The van der Waals surface area contributed by atoms with Crippen LogP contribution in [-0.2, 0) is 0 Å². The summed E-state index contributed by atoms with van der Waals surface area (Å²) in [5, 5.41) is 0. The van der Waals surface area contributed by atoms with Crippen molar-refractivity contribution in [1.29, 1.82) is 0 Å². The lowest BCUT2D eigenvalue weighted by Gasteiger charge is -2.06. The number of unbranched alkanes of at least 4 members (excludes halogenated alkanes) is 7. The predicted octanol–water partition coefficient (Wildman–Crippen LogP) is 6.12. The van der Waals surface area contributed by atoms with Crippen LogP contribution in [0.25, 0.3) is 0 Å². The normalized spacial score (nSPS) is 10.7. The second-order valence-corrected chi connectivity index (χ2v) is 6.20. The van der Waals surface area contributed by atoms with Gasteiger partial charge in [0.25, 0.3) is 0 Å². The van der Waals surface area contributed by atoms with Gasteiger partial charge >= 0.3 is 0 Å². The number of hydrogen-bond acceptors (Lipinski definition) is 2. The molecule has 0 N–H and O–H groups in total. The molecule has 0 atom stereocenters. The number of benzene rings is 1. The average Bonchev–Trinajstić information content (AvgIpc) is 2.49. The lowest BCUT2D eigenvalue weighted by molar-refractivity contribution is 0.0976. The molecule has 0 fully saturated rings. The molecule has 0 saturated carbocycles. The predicted molar refractivity (Wildman–Crippen MR) is 89.8 cm³/mol. The van der Waals surface area contributed by atoms with Crippen molar-refractivity contribution in [2.75, 3.05) is 6.26 Å². The summed E-state index contributed by atoms with van der Waals surface area (Å²) in [6.07, 6.45) is 13.0. The molecule has 0 saturated heterocycles. The van der Waals surface area contributed by atoms with Crippen molar-refractivity contribution in [3.05, 3.63) is 29.8 Å². The minimum absolute atomic E-state index is 0.306. The summed E-state index contributed by atoms with van der Waals surface area (Å²) in [5.74, 6) is 0.306. The van der Waals surface area contributed by atoms with Gasteiger partial charge in [-0.3, -0.25) is 4.79 Å². The van der Waals surface area contributed by atoms with Crippen LogP contribution in [0.3, 0.4) is 0 Å². The molecule has 0 aliphatic heterocycles. The highest BCUT2D eigenvalue weighted by Crippen LogP contribution is 2.22. The van der Waals surface area contributed by atoms with E-state index in [0.29, 0.717) is 12.2 Å². The fourth-order valence-electron chi connectivity index (χ4n) is 2.43. The average molecular weight is 292 g/mol. The Kier molecular flexibility index (Phi) is 9.48. The molecule has 0 radical (unpaired) electrons. The molecule has 112 valence electrons. The standard InChI is InChI=1S/C18H28OS/c1-3-4-5-6-7-8-9-10-14-17(19)16-13-11-12-15-18(16)20-2/h11-13,15H,3-10,14H2,1-2H3. The molecule has 0 aliphatic rings. The quantitative estimate of drug-likeness (QED) is 0.277. The molecule has 0 bridgehead atoms. The maximum Gasteiger partial charge on any atom is 0.163 e. The third kappa shape index (κ3) is 6.60. The number of thioether (sulfide) groups is 1. The molecule has 0 aliphatic carbocycles. The summed E-state index contributed by atoms with van der Waals surface area (Å²) in [4.78, 5) is 13.3. The Hall–Kier alpha value is -0.760. The van der Waals surface area contributed by atoms with Gasteiger partial charge in [-0.25, -0.2) is 0 Å². The van der Waals surface area contributed by atoms with Crippen molar-refractivity contribution in [3.8, 4) is 0 Å². The summed E-state index contributed by atoms with van der Waals surface area (Å²) in [7, 11) is 0. The summed E-state index contributed by atoms with van der Waals surface area (Å²) in [5.41, 5.74) is 0.906. The number of rotatable bonds is 11. The Morgan fingerprint density at radius 1 is 0.950 bits per heavy atom. The van der Waals surface area contributed by atoms with Crippen LogP contribution in [0.4, 0.5) is 0 Å². The summed E-state index contributed by atoms with van der Waals surface area (Å²) < 4.78 is 0. The minimum Gasteiger partial charge on any atom is -0.294 e. The second kappa shape index (κ2) is 11.0. The van der Waals surface area contributed by atoms with Gasteiger partial charge in [-0.2, -0.15) is 0 Å². The van der Waals surface area contributed by atoms with Gasteiger partial charge in [0.2, 0.25) is 0 Å². The molecule has 1 aromatic rings. The van der Waals surface area contributed by atoms with Crippen LogP contribution in [0.5, 0.6) is 0 Å². The van der Waals surface area contributed by atoms with E-state index in [4.69, 9.17) is 0 Å². The van der Waals surface area contributed by atoms with Crippen molar-refractivity contribution < 1.29 is 4.79 Å². The zero-order chi connectivity index (χ0) is 14.6. The molecule has 2 heteroatoms. The number of Topliss-reactive ketones (excluding diaryl/α,β-unsaturated/α-hetero) is 1. The SMILES string of the molecule is CCCCCCCCCCC(=O)c1ccccc1SC. The van der Waals surface area contributed by atoms with Crippen LogP contribution in [0.15, 0.2) is 29.2 Å². The van der Waals surface area contributed by atoms with E-state index in [0.717, 1.165) is 16.9 Å². The summed E-state index contributed by atoms with van der Waals surface area (Å²) in [6.45, 7) is 2.25. The third-order valence-corrected chi connectivity index (χ3v) is 4.46. The van der Waals surface area contributed by atoms with E-state index in [-0.39, 0.29) is 0 Å². The Morgan fingerprint density at radius 2 is 1.55 bits per heavy atom. The first-order valence-corrected chi connectivity index (χ1v) is 9.18. The van der Waals surface area contributed by atoms with Gasteiger partial charge in [0, 0.05) is 16.9 Å². The van der Waals surface area contributed by atoms with E-state index < -0.39 is 0 Å². The molecule has 0 heterocycles. The molecule has 20 heavy (non-hydrogen) atoms. The van der Waals surface area contributed by atoms with Crippen molar-refractivity contribution >= 4 is 17.5 Å². The lowest BCUT2D eigenvalue weighted by atomic mass is 10.0. The van der Waals surface area contributed by atoms with Gasteiger partial charge in [0.05, 0.1) is 0 Å². The number of ketones is 1. The maximum absolute atomic E-state index is 12.2. The van der Waals surface area contributed by atoms with E-state index in [2.05, 4.69) is 6.92 Å². The molecule has 0 amide bonds. The zero-order valence-corrected chi connectivity index (χ0v) is 13.8. The Labute approximate surface area is 128 Å². The topological polar surface area (TPSA) is 17.1 Å². The van der Waals surface area contributed by atoms with Gasteiger partial charge in [0.15, 0.2) is 5.78 Å². The molecule has 1 rings (SSSR count). The maximum atomic E-state index is 12.2. The van der Waals surface area contributed by atoms with Gasteiger partial charge in [-0.05, 0) is 18.7 Å². The smallest absolute Gasteiger partial charge is 0.163 e. The fraction of sp³-hybridized carbons (Fsp3) is 0.611. The van der Waals surface area contributed by atoms with Crippen molar-refractivity contribution in [3.63, 3.8) is 0 Å². The van der Waals surface area contributed by atoms with E-state index >= 15 is 0 Å². The van der Waals surface area contributed by atoms with Crippen molar-refractivity contribution in [2.45, 2.75) is 69.6 Å². The van der Waals surface area contributed by atoms with Crippen LogP contribution < -0.4 is 0 Å². The molecule has 1 aromatic carbocycles. The second-order valence-electron chi connectivity index (χ2n) is 5.35. The highest BCUT2D eigenvalue weighted by Gasteiger charge is 2.09. The number of hydrogen-bond donors (Lipinski definition) is 0.